The molecule has 1 aromatic heterocycles. The van der Waals surface area contributed by atoms with Crippen LogP contribution >= 0.6 is 0 Å². The van der Waals surface area contributed by atoms with E-state index in [-0.39, 0.29) is 17.4 Å². The number of rotatable bonds is 5. The number of fused-ring (bicyclic) bond motifs is 1. The van der Waals surface area contributed by atoms with E-state index in [1.165, 1.54) is 18.2 Å². The molecule has 1 saturated heterocycles. The molecule has 142 valence electrons. The van der Waals surface area contributed by atoms with Crippen LogP contribution in [0.4, 0.5) is 15.8 Å². The maximum Gasteiger partial charge on any atom is 0.278 e. The molecule has 1 unspecified atom stereocenters. The van der Waals surface area contributed by atoms with Gasteiger partial charge in [0.05, 0.1) is 16.0 Å². The van der Waals surface area contributed by atoms with E-state index < -0.39 is 11.0 Å². The lowest BCUT2D eigenvalue weighted by Gasteiger charge is -2.18. The van der Waals surface area contributed by atoms with Gasteiger partial charge in [0.15, 0.2) is 0 Å². The standard InChI is InChI=1S/C20H17FN4O3/c21-14-5-3-13(4-6-14)12-24-11-9-17(20(24)26)23-16-7-8-18(25(27)28)15-2-1-10-22-19(15)16/h1-8,10,17,23H,9,11-12H2. The SMILES string of the molecule is O=C1C(Nc2ccc([N+](=O)[O-])c3cccnc23)CCN1Cc1ccc(F)cc1. The highest BCUT2D eigenvalue weighted by atomic mass is 19.1. The molecule has 0 spiro atoms. The number of nitro groups is 1. The number of nitrogens with one attached hydrogen (secondary N) is 1. The Morgan fingerprint density at radius 1 is 1.21 bits per heavy atom. The van der Waals surface area contributed by atoms with Gasteiger partial charge < -0.3 is 10.2 Å². The number of nitro benzene ring substituents is 1. The average Bonchev–Trinajstić information content (AvgIpc) is 3.03. The van der Waals surface area contributed by atoms with Crippen molar-refractivity contribution in [1.29, 1.82) is 0 Å². The average molecular weight is 380 g/mol. The Hall–Kier alpha value is -3.55. The first kappa shape index (κ1) is 17.8. The second-order valence-corrected chi connectivity index (χ2v) is 6.66. The fourth-order valence-electron chi connectivity index (χ4n) is 3.46. The number of amides is 1. The molecule has 2 aromatic carbocycles. The van der Waals surface area contributed by atoms with Crippen LogP contribution in [-0.4, -0.2) is 33.3 Å². The van der Waals surface area contributed by atoms with Crippen LogP contribution in [-0.2, 0) is 11.3 Å². The zero-order valence-corrected chi connectivity index (χ0v) is 14.8. The number of non-ortho nitro benzene ring substituents is 1. The molecule has 1 aliphatic rings. The second-order valence-electron chi connectivity index (χ2n) is 6.66. The Labute approximate surface area is 159 Å². The van der Waals surface area contributed by atoms with Crippen molar-refractivity contribution in [2.24, 2.45) is 0 Å². The molecular formula is C20H17FN4O3. The second kappa shape index (κ2) is 7.22. The molecule has 1 fully saturated rings. The highest BCUT2D eigenvalue weighted by Gasteiger charge is 2.32. The van der Waals surface area contributed by atoms with Gasteiger partial charge in [-0.25, -0.2) is 4.39 Å². The molecule has 0 saturated carbocycles. The number of anilines is 1. The summed E-state index contributed by atoms with van der Waals surface area (Å²) in [4.78, 5) is 29.5. The summed E-state index contributed by atoms with van der Waals surface area (Å²) in [5.74, 6) is -0.375. The fourth-order valence-corrected chi connectivity index (χ4v) is 3.46. The molecule has 1 aliphatic heterocycles. The normalized spacial score (nSPS) is 16.5. The maximum absolute atomic E-state index is 13.0. The van der Waals surface area contributed by atoms with Gasteiger partial charge in [-0.15, -0.1) is 0 Å². The third-order valence-corrected chi connectivity index (χ3v) is 4.86. The maximum atomic E-state index is 13.0. The van der Waals surface area contributed by atoms with Crippen LogP contribution in [0.1, 0.15) is 12.0 Å². The number of hydrogen-bond acceptors (Lipinski definition) is 5. The Bertz CT molecular complexity index is 1060. The lowest BCUT2D eigenvalue weighted by atomic mass is 10.1. The molecule has 2 heterocycles. The number of carbonyl (C=O) groups is 1. The first-order valence-electron chi connectivity index (χ1n) is 8.85. The third-order valence-electron chi connectivity index (χ3n) is 4.86. The number of hydrogen-bond donors (Lipinski definition) is 1. The van der Waals surface area contributed by atoms with Gasteiger partial charge in [0.2, 0.25) is 5.91 Å². The lowest BCUT2D eigenvalue weighted by Crippen LogP contribution is -2.33. The van der Waals surface area contributed by atoms with Gasteiger partial charge >= 0.3 is 0 Å². The van der Waals surface area contributed by atoms with Crippen LogP contribution in [0.15, 0.2) is 54.7 Å². The van der Waals surface area contributed by atoms with Crippen molar-refractivity contribution in [3.63, 3.8) is 0 Å². The number of nitrogens with zero attached hydrogens (tertiary/aromatic N) is 3. The van der Waals surface area contributed by atoms with Crippen molar-refractivity contribution in [1.82, 2.24) is 9.88 Å². The fraction of sp³-hybridized carbons (Fsp3) is 0.200. The first-order chi connectivity index (χ1) is 13.5. The van der Waals surface area contributed by atoms with Crippen LogP contribution in [0.2, 0.25) is 0 Å². The predicted molar refractivity (Wildman–Crippen MR) is 102 cm³/mol. The Balaban J connectivity index is 1.54. The van der Waals surface area contributed by atoms with Crippen LogP contribution in [0.25, 0.3) is 10.9 Å². The molecular weight excluding hydrogens is 363 g/mol. The van der Waals surface area contributed by atoms with Gasteiger partial charge in [0, 0.05) is 25.4 Å². The molecule has 4 rings (SSSR count). The summed E-state index contributed by atoms with van der Waals surface area (Å²) in [5, 5.41) is 14.8. The van der Waals surface area contributed by atoms with Crippen molar-refractivity contribution in [3.8, 4) is 0 Å². The van der Waals surface area contributed by atoms with Gasteiger partial charge in [-0.3, -0.25) is 19.9 Å². The quantitative estimate of drug-likeness (QED) is 0.541. The van der Waals surface area contributed by atoms with Gasteiger partial charge in [0.1, 0.15) is 17.4 Å². The summed E-state index contributed by atoms with van der Waals surface area (Å²) in [7, 11) is 0. The van der Waals surface area contributed by atoms with Crippen molar-refractivity contribution >= 4 is 28.2 Å². The van der Waals surface area contributed by atoms with Crippen LogP contribution in [0.5, 0.6) is 0 Å². The number of likely N-dealkylation sites (tertiary alicyclic amines) is 1. The molecule has 0 bridgehead atoms. The summed E-state index contributed by atoms with van der Waals surface area (Å²) in [6.07, 6.45) is 2.17. The largest absolute Gasteiger partial charge is 0.372 e. The van der Waals surface area contributed by atoms with Crippen LogP contribution in [0, 0.1) is 15.9 Å². The summed E-state index contributed by atoms with van der Waals surface area (Å²) in [6, 6.07) is 11.9. The summed E-state index contributed by atoms with van der Waals surface area (Å²) >= 11 is 0. The topological polar surface area (TPSA) is 88.4 Å². The van der Waals surface area contributed by atoms with E-state index in [2.05, 4.69) is 10.3 Å². The van der Waals surface area contributed by atoms with E-state index in [4.69, 9.17) is 0 Å². The van der Waals surface area contributed by atoms with E-state index in [1.54, 1.807) is 41.4 Å². The molecule has 28 heavy (non-hydrogen) atoms. The molecule has 0 radical (unpaired) electrons. The summed E-state index contributed by atoms with van der Waals surface area (Å²) < 4.78 is 13.0. The van der Waals surface area contributed by atoms with E-state index in [0.29, 0.717) is 36.1 Å². The number of carbonyl (C=O) groups excluding carboxylic acids is 1. The van der Waals surface area contributed by atoms with E-state index in [1.807, 2.05) is 0 Å². The number of aromatic nitrogens is 1. The zero-order valence-electron chi connectivity index (χ0n) is 14.8. The Morgan fingerprint density at radius 2 is 2.00 bits per heavy atom. The minimum Gasteiger partial charge on any atom is -0.372 e. The molecule has 1 amide bonds. The van der Waals surface area contributed by atoms with Gasteiger partial charge in [-0.2, -0.15) is 0 Å². The highest BCUT2D eigenvalue weighted by molar-refractivity contribution is 5.98. The molecule has 8 heteroatoms. The third kappa shape index (κ3) is 3.36. The Morgan fingerprint density at radius 3 is 2.75 bits per heavy atom. The van der Waals surface area contributed by atoms with Crippen LogP contribution < -0.4 is 5.32 Å². The minimum absolute atomic E-state index is 0.0238. The van der Waals surface area contributed by atoms with Crippen molar-refractivity contribution in [2.45, 2.75) is 19.0 Å². The molecule has 1 N–H and O–H groups in total. The zero-order chi connectivity index (χ0) is 19.7. The lowest BCUT2D eigenvalue weighted by molar-refractivity contribution is -0.383. The van der Waals surface area contributed by atoms with Crippen molar-refractivity contribution in [2.75, 3.05) is 11.9 Å². The highest BCUT2D eigenvalue weighted by Crippen LogP contribution is 2.31. The summed E-state index contributed by atoms with van der Waals surface area (Å²) in [5.41, 5.74) is 1.88. The Kier molecular flexibility index (Phi) is 4.60. The summed E-state index contributed by atoms with van der Waals surface area (Å²) in [6.45, 7) is 0.989. The van der Waals surface area contributed by atoms with E-state index >= 15 is 0 Å². The smallest absolute Gasteiger partial charge is 0.278 e. The number of benzene rings is 2. The molecule has 1 atom stereocenters. The predicted octanol–water partition coefficient (Wildman–Crippen LogP) is 3.50. The van der Waals surface area contributed by atoms with Crippen molar-refractivity contribution in [3.05, 3.63) is 76.2 Å². The monoisotopic (exact) mass is 380 g/mol. The van der Waals surface area contributed by atoms with Gasteiger partial charge in [-0.1, -0.05) is 12.1 Å². The minimum atomic E-state index is -0.445. The van der Waals surface area contributed by atoms with Gasteiger partial charge in [0.25, 0.3) is 5.69 Å². The van der Waals surface area contributed by atoms with Crippen LogP contribution in [0.3, 0.4) is 0 Å². The molecule has 0 aliphatic carbocycles. The molecule has 3 aromatic rings. The first-order valence-corrected chi connectivity index (χ1v) is 8.85. The number of pyridine rings is 1. The van der Waals surface area contributed by atoms with E-state index in [0.717, 1.165) is 5.56 Å². The van der Waals surface area contributed by atoms with Gasteiger partial charge in [-0.05, 0) is 42.3 Å². The van der Waals surface area contributed by atoms with Crippen molar-refractivity contribution < 1.29 is 14.1 Å². The van der Waals surface area contributed by atoms with E-state index in [9.17, 15) is 19.3 Å². The molecule has 7 nitrogen and oxygen atoms in total. The number of halogens is 1.